The third kappa shape index (κ3) is 4.31. The first-order valence-electron chi connectivity index (χ1n) is 10.8. The highest BCUT2D eigenvalue weighted by atomic mass is 32.1. The fourth-order valence-corrected chi connectivity index (χ4v) is 5.91. The third-order valence-corrected chi connectivity index (χ3v) is 7.76. The van der Waals surface area contributed by atoms with Gasteiger partial charge in [-0.3, -0.25) is 14.1 Å². The molecule has 1 aliphatic heterocycles. The molecule has 1 saturated heterocycles. The Bertz CT molecular complexity index is 1010. The van der Waals surface area contributed by atoms with E-state index in [2.05, 4.69) is 37.1 Å². The number of likely N-dealkylation sites (tertiary alicyclic amines) is 1. The Hall–Kier alpha value is -1.77. The van der Waals surface area contributed by atoms with Gasteiger partial charge in [0.1, 0.15) is 0 Å². The van der Waals surface area contributed by atoms with Crippen LogP contribution in [0.25, 0.3) is 4.96 Å². The van der Waals surface area contributed by atoms with Crippen molar-refractivity contribution in [1.82, 2.24) is 24.2 Å². The molecule has 0 radical (unpaired) electrons. The van der Waals surface area contributed by atoms with Crippen LogP contribution >= 0.6 is 22.7 Å². The normalized spacial score (nSPS) is 16.8. The second-order valence-electron chi connectivity index (χ2n) is 8.29. The van der Waals surface area contributed by atoms with E-state index in [0.29, 0.717) is 12.2 Å². The Balaban J connectivity index is 1.61. The molecule has 162 valence electrons. The molecule has 1 amide bonds. The summed E-state index contributed by atoms with van der Waals surface area (Å²) in [6.45, 7) is 8.72. The van der Waals surface area contributed by atoms with Crippen LogP contribution in [0.15, 0.2) is 11.6 Å². The van der Waals surface area contributed by atoms with Crippen LogP contribution in [0.3, 0.4) is 0 Å². The summed E-state index contributed by atoms with van der Waals surface area (Å²) in [5.41, 5.74) is 2.73. The van der Waals surface area contributed by atoms with Gasteiger partial charge in [-0.15, -0.1) is 22.7 Å². The second kappa shape index (κ2) is 9.16. The fraction of sp³-hybridized carbons (Fsp3) is 0.591. The lowest BCUT2D eigenvalue weighted by Gasteiger charge is -2.26. The smallest absolute Gasteiger partial charge is 0.274 e. The average molecular weight is 446 g/mol. The summed E-state index contributed by atoms with van der Waals surface area (Å²) in [7, 11) is 2.11. The summed E-state index contributed by atoms with van der Waals surface area (Å²) < 4.78 is 2.09. The topological polar surface area (TPSA) is 53.7 Å². The summed E-state index contributed by atoms with van der Waals surface area (Å²) in [5.74, 6) is 0.0875. The number of fused-ring (bicyclic) bond motifs is 1. The lowest BCUT2D eigenvalue weighted by Crippen LogP contribution is -2.35. The molecule has 0 aliphatic carbocycles. The lowest BCUT2D eigenvalue weighted by atomic mass is 10.1. The maximum Gasteiger partial charge on any atom is 0.274 e. The van der Waals surface area contributed by atoms with Crippen molar-refractivity contribution in [1.29, 1.82) is 0 Å². The van der Waals surface area contributed by atoms with Gasteiger partial charge in [-0.05, 0) is 40.7 Å². The van der Waals surface area contributed by atoms with Crippen molar-refractivity contribution in [2.45, 2.75) is 65.5 Å². The predicted molar refractivity (Wildman–Crippen MR) is 124 cm³/mol. The van der Waals surface area contributed by atoms with Crippen LogP contribution < -0.4 is 0 Å². The van der Waals surface area contributed by atoms with Crippen LogP contribution in [-0.2, 0) is 6.54 Å². The molecular weight excluding hydrogens is 414 g/mol. The number of aromatic nitrogens is 3. The highest BCUT2D eigenvalue weighted by Gasteiger charge is 2.27. The van der Waals surface area contributed by atoms with Crippen LogP contribution in [0.1, 0.15) is 76.8 Å². The van der Waals surface area contributed by atoms with Crippen LogP contribution in [-0.4, -0.2) is 50.2 Å². The minimum atomic E-state index is 0.0875. The summed E-state index contributed by atoms with van der Waals surface area (Å²) in [5, 5.41) is 3.13. The molecule has 4 heterocycles. The number of amides is 1. The summed E-state index contributed by atoms with van der Waals surface area (Å²) >= 11 is 3.33. The Labute approximate surface area is 186 Å². The predicted octanol–water partition coefficient (Wildman–Crippen LogP) is 5.07. The van der Waals surface area contributed by atoms with Crippen LogP contribution in [0.5, 0.6) is 0 Å². The molecule has 30 heavy (non-hydrogen) atoms. The average Bonchev–Trinajstić information content (AvgIpc) is 3.36. The van der Waals surface area contributed by atoms with Gasteiger partial charge in [0.25, 0.3) is 5.91 Å². The molecular formula is C22H31N5OS2. The van der Waals surface area contributed by atoms with Gasteiger partial charge in [0.2, 0.25) is 0 Å². The molecule has 4 rings (SSSR count). The molecule has 3 aromatic heterocycles. The van der Waals surface area contributed by atoms with Gasteiger partial charge in [-0.25, -0.2) is 9.97 Å². The first kappa shape index (κ1) is 21.5. The summed E-state index contributed by atoms with van der Waals surface area (Å²) in [4.78, 5) is 29.4. The maximum atomic E-state index is 13.5. The van der Waals surface area contributed by atoms with Gasteiger partial charge in [-0.1, -0.05) is 19.3 Å². The molecule has 1 atom stereocenters. The zero-order valence-electron chi connectivity index (χ0n) is 18.3. The third-order valence-electron chi connectivity index (χ3n) is 6.10. The zero-order valence-corrected chi connectivity index (χ0v) is 20.0. The molecule has 6 nitrogen and oxygen atoms in total. The van der Waals surface area contributed by atoms with E-state index >= 15 is 0 Å². The minimum Gasteiger partial charge on any atom is -0.337 e. The highest BCUT2D eigenvalue weighted by Crippen LogP contribution is 2.28. The summed E-state index contributed by atoms with van der Waals surface area (Å²) in [6, 6.07) is 0.170. The van der Waals surface area contributed by atoms with E-state index in [-0.39, 0.29) is 11.9 Å². The number of thiazole rings is 2. The monoisotopic (exact) mass is 445 g/mol. The van der Waals surface area contributed by atoms with Crippen LogP contribution in [0, 0.1) is 13.8 Å². The molecule has 0 aromatic carbocycles. The number of hydrogen-bond acceptors (Lipinski definition) is 6. The first-order chi connectivity index (χ1) is 14.5. The van der Waals surface area contributed by atoms with E-state index in [1.165, 1.54) is 24.1 Å². The van der Waals surface area contributed by atoms with E-state index < -0.39 is 0 Å². The number of hydrogen-bond donors (Lipinski definition) is 0. The lowest BCUT2D eigenvalue weighted by molar-refractivity contribution is 0.0734. The standard InChI is InChI=1S/C22H31N5OS2/c1-15(19-16(2)30-17(3)23-19)25(4)14-18-20(24-22-27(18)12-13-29-22)21(28)26-10-8-6-5-7-9-11-26/h12-13,15H,5-11,14H2,1-4H3/t15-/m0/s1. The summed E-state index contributed by atoms with van der Waals surface area (Å²) in [6.07, 6.45) is 7.91. The van der Waals surface area contributed by atoms with Gasteiger partial charge in [0.15, 0.2) is 10.7 Å². The van der Waals surface area contributed by atoms with Gasteiger partial charge >= 0.3 is 0 Å². The van der Waals surface area contributed by atoms with Crippen molar-refractivity contribution >= 4 is 33.5 Å². The first-order valence-corrected chi connectivity index (χ1v) is 12.5. The number of aryl methyl sites for hydroxylation is 2. The molecule has 8 heteroatoms. The molecule has 3 aromatic rings. The van der Waals surface area contributed by atoms with E-state index in [4.69, 9.17) is 9.97 Å². The molecule has 0 spiro atoms. The van der Waals surface area contributed by atoms with Gasteiger partial charge in [0, 0.05) is 36.1 Å². The van der Waals surface area contributed by atoms with E-state index in [9.17, 15) is 4.79 Å². The Kier molecular flexibility index (Phi) is 6.55. The Morgan fingerprint density at radius 2 is 1.87 bits per heavy atom. The number of carbonyl (C=O) groups is 1. The van der Waals surface area contributed by atoms with E-state index in [0.717, 1.165) is 47.3 Å². The number of nitrogens with zero attached hydrogens (tertiary/aromatic N) is 5. The highest BCUT2D eigenvalue weighted by molar-refractivity contribution is 7.15. The largest absolute Gasteiger partial charge is 0.337 e. The molecule has 0 bridgehead atoms. The van der Waals surface area contributed by atoms with Crippen molar-refractivity contribution in [3.05, 3.63) is 38.5 Å². The van der Waals surface area contributed by atoms with E-state index in [1.807, 2.05) is 16.5 Å². The van der Waals surface area contributed by atoms with Crippen molar-refractivity contribution < 1.29 is 4.79 Å². The quantitative estimate of drug-likeness (QED) is 0.550. The van der Waals surface area contributed by atoms with E-state index in [1.54, 1.807) is 22.7 Å². The maximum absolute atomic E-state index is 13.5. The van der Waals surface area contributed by atoms with Crippen LogP contribution in [0.4, 0.5) is 0 Å². The number of imidazole rings is 1. The minimum absolute atomic E-state index is 0.0875. The van der Waals surface area contributed by atoms with Gasteiger partial charge in [0.05, 0.1) is 22.4 Å². The molecule has 0 N–H and O–H groups in total. The van der Waals surface area contributed by atoms with Gasteiger partial charge < -0.3 is 4.90 Å². The molecule has 1 fully saturated rings. The Morgan fingerprint density at radius 3 is 2.53 bits per heavy atom. The van der Waals surface area contributed by atoms with Crippen LogP contribution in [0.2, 0.25) is 0 Å². The van der Waals surface area contributed by atoms with Crippen molar-refractivity contribution in [2.24, 2.45) is 0 Å². The van der Waals surface area contributed by atoms with Crippen molar-refractivity contribution in [3.8, 4) is 0 Å². The van der Waals surface area contributed by atoms with Crippen molar-refractivity contribution in [2.75, 3.05) is 20.1 Å². The number of carbonyl (C=O) groups excluding carboxylic acids is 1. The number of rotatable bonds is 5. The van der Waals surface area contributed by atoms with Crippen molar-refractivity contribution in [3.63, 3.8) is 0 Å². The zero-order chi connectivity index (χ0) is 21.3. The van der Waals surface area contributed by atoms with Gasteiger partial charge in [-0.2, -0.15) is 0 Å². The molecule has 0 unspecified atom stereocenters. The fourth-order valence-electron chi connectivity index (χ4n) is 4.27. The second-order valence-corrected chi connectivity index (χ2v) is 10.6. The Morgan fingerprint density at radius 1 is 1.17 bits per heavy atom. The SMILES string of the molecule is Cc1nc([C@H](C)N(C)Cc2c(C(=O)N3CCCCCCC3)nc3sccn23)c(C)s1. The molecule has 0 saturated carbocycles. The molecule has 1 aliphatic rings.